The Hall–Kier alpha value is -1.03. The maximum Gasteiger partial charge on any atom is 0.250 e. The summed E-state index contributed by atoms with van der Waals surface area (Å²) in [5.41, 5.74) is 1.73. The Morgan fingerprint density at radius 3 is 2.87 bits per heavy atom. The summed E-state index contributed by atoms with van der Waals surface area (Å²) in [5, 5.41) is 2.98. The first-order chi connectivity index (χ1) is 7.15. The third-order valence-corrected chi connectivity index (χ3v) is 4.04. The Balaban J connectivity index is 2.18. The van der Waals surface area contributed by atoms with E-state index >= 15 is 0 Å². The second kappa shape index (κ2) is 2.76. The predicted octanol–water partition coefficient (Wildman–Crippen LogP) is 2.37. The molecule has 0 saturated heterocycles. The Morgan fingerprint density at radius 2 is 2.20 bits per heavy atom. The van der Waals surface area contributed by atoms with Gasteiger partial charge in [0, 0.05) is 11.5 Å². The van der Waals surface area contributed by atoms with Crippen molar-refractivity contribution < 1.29 is 4.79 Å². The monoisotopic (exact) mass is 266 g/mol. The Bertz CT molecular complexity index is 454. The van der Waals surface area contributed by atoms with Crippen LogP contribution in [-0.4, -0.2) is 18.5 Å². The number of halogens is 1. The summed E-state index contributed by atoms with van der Waals surface area (Å²) in [5.74, 6) is 0.129. The first-order valence-corrected chi connectivity index (χ1v) is 5.78. The van der Waals surface area contributed by atoms with Gasteiger partial charge in [0.05, 0.1) is 11.4 Å². The maximum absolute atomic E-state index is 11.9. The lowest BCUT2D eigenvalue weighted by molar-refractivity contribution is -0.118. The number of likely N-dealkylation sites (N-methyl/N-ethyl adjacent to an activating group) is 1. The van der Waals surface area contributed by atoms with Crippen LogP contribution in [-0.2, 0) is 4.79 Å². The molecule has 1 aliphatic carbocycles. The average molecular weight is 267 g/mol. The molecule has 3 rings (SSSR count). The molecular formula is C11H11BrN2O. The molecule has 1 N–H and O–H groups in total. The van der Waals surface area contributed by atoms with Gasteiger partial charge in [-0.2, -0.15) is 0 Å². The van der Waals surface area contributed by atoms with Crippen molar-refractivity contribution in [1.29, 1.82) is 0 Å². The van der Waals surface area contributed by atoms with Crippen molar-refractivity contribution in [3.63, 3.8) is 0 Å². The zero-order valence-electron chi connectivity index (χ0n) is 8.38. The van der Waals surface area contributed by atoms with Crippen molar-refractivity contribution in [2.24, 2.45) is 0 Å². The zero-order valence-corrected chi connectivity index (χ0v) is 9.97. The van der Waals surface area contributed by atoms with Crippen LogP contribution in [0.3, 0.4) is 0 Å². The number of nitrogens with zero attached hydrogens (tertiary/aromatic N) is 1. The lowest BCUT2D eigenvalue weighted by Crippen LogP contribution is -2.48. The van der Waals surface area contributed by atoms with E-state index in [0.29, 0.717) is 0 Å². The largest absolute Gasteiger partial charge is 0.358 e. The Kier molecular flexibility index (Phi) is 1.69. The van der Waals surface area contributed by atoms with E-state index in [0.717, 1.165) is 28.7 Å². The number of hydrogen-bond donors (Lipinski definition) is 1. The molecular weight excluding hydrogens is 256 g/mol. The number of rotatable bonds is 0. The molecule has 1 heterocycles. The van der Waals surface area contributed by atoms with E-state index in [2.05, 4.69) is 26.1 Å². The van der Waals surface area contributed by atoms with Gasteiger partial charge in [0.25, 0.3) is 0 Å². The molecule has 1 aromatic carbocycles. The van der Waals surface area contributed by atoms with Crippen molar-refractivity contribution in [3.05, 3.63) is 22.7 Å². The van der Waals surface area contributed by atoms with Gasteiger partial charge in [-0.3, -0.25) is 4.79 Å². The molecule has 1 aromatic rings. The second-order valence-corrected chi connectivity index (χ2v) is 5.03. The maximum atomic E-state index is 11.9. The van der Waals surface area contributed by atoms with Crippen LogP contribution >= 0.6 is 15.9 Å². The molecule has 1 saturated carbocycles. The number of carbonyl (C=O) groups is 1. The summed E-state index contributed by atoms with van der Waals surface area (Å²) < 4.78 is 0.940. The van der Waals surface area contributed by atoms with Crippen LogP contribution in [0, 0.1) is 0 Å². The standard InChI is InChI=1S/C11H11BrN2O/c1-14-8-4-2-3-7(12)9(8)13-10(15)11(14)5-6-11/h2-4H,5-6H2,1H3,(H,13,15). The average Bonchev–Trinajstić information content (AvgIpc) is 2.99. The fourth-order valence-electron chi connectivity index (χ4n) is 2.21. The number of para-hydroxylation sites is 1. The molecule has 1 amide bonds. The summed E-state index contributed by atoms with van der Waals surface area (Å²) >= 11 is 3.45. The molecule has 1 aliphatic heterocycles. The molecule has 0 atom stereocenters. The third kappa shape index (κ3) is 1.08. The van der Waals surface area contributed by atoms with Crippen LogP contribution < -0.4 is 10.2 Å². The highest BCUT2D eigenvalue weighted by Gasteiger charge is 2.56. The van der Waals surface area contributed by atoms with Gasteiger partial charge in [0.2, 0.25) is 5.91 Å². The van der Waals surface area contributed by atoms with Crippen LogP contribution in [0.25, 0.3) is 0 Å². The molecule has 1 fully saturated rings. The number of carbonyl (C=O) groups excluding carboxylic acids is 1. The summed E-state index contributed by atoms with van der Waals surface area (Å²) in [7, 11) is 2.00. The van der Waals surface area contributed by atoms with E-state index in [1.807, 2.05) is 25.2 Å². The highest BCUT2D eigenvalue weighted by molar-refractivity contribution is 9.10. The van der Waals surface area contributed by atoms with Gasteiger partial charge in [-0.1, -0.05) is 6.07 Å². The predicted molar refractivity (Wildman–Crippen MR) is 63.1 cm³/mol. The van der Waals surface area contributed by atoms with Crippen LogP contribution in [0.2, 0.25) is 0 Å². The summed E-state index contributed by atoms with van der Waals surface area (Å²) in [6.45, 7) is 0. The van der Waals surface area contributed by atoms with Crippen LogP contribution in [0.1, 0.15) is 12.8 Å². The van der Waals surface area contributed by atoms with Crippen molar-refractivity contribution >= 4 is 33.2 Å². The van der Waals surface area contributed by atoms with Gasteiger partial charge in [0.15, 0.2) is 0 Å². The molecule has 0 radical (unpaired) electrons. The first kappa shape index (κ1) is 9.21. The Morgan fingerprint density at radius 1 is 1.47 bits per heavy atom. The number of fused-ring (bicyclic) bond motifs is 1. The van der Waals surface area contributed by atoms with E-state index < -0.39 is 0 Å². The van der Waals surface area contributed by atoms with Gasteiger partial charge in [-0.15, -0.1) is 0 Å². The van der Waals surface area contributed by atoms with E-state index in [9.17, 15) is 4.79 Å². The fourth-order valence-corrected chi connectivity index (χ4v) is 2.66. The minimum atomic E-state index is -0.256. The molecule has 0 unspecified atom stereocenters. The molecule has 78 valence electrons. The van der Waals surface area contributed by atoms with Crippen LogP contribution in [0.4, 0.5) is 11.4 Å². The van der Waals surface area contributed by atoms with Gasteiger partial charge in [0.1, 0.15) is 5.54 Å². The molecule has 0 bridgehead atoms. The highest BCUT2D eigenvalue weighted by Crippen LogP contribution is 2.50. The SMILES string of the molecule is CN1c2cccc(Br)c2NC(=O)C12CC2. The number of benzene rings is 1. The third-order valence-electron chi connectivity index (χ3n) is 3.38. The van der Waals surface area contributed by atoms with Gasteiger partial charge in [-0.25, -0.2) is 0 Å². The summed E-state index contributed by atoms with van der Waals surface area (Å²) in [4.78, 5) is 14.0. The van der Waals surface area contributed by atoms with Crippen molar-refractivity contribution in [1.82, 2.24) is 0 Å². The van der Waals surface area contributed by atoms with E-state index in [-0.39, 0.29) is 11.4 Å². The highest BCUT2D eigenvalue weighted by atomic mass is 79.9. The van der Waals surface area contributed by atoms with Gasteiger partial charge >= 0.3 is 0 Å². The fraction of sp³-hybridized carbons (Fsp3) is 0.364. The molecule has 4 heteroatoms. The zero-order chi connectivity index (χ0) is 10.6. The molecule has 1 spiro atoms. The lowest BCUT2D eigenvalue weighted by Gasteiger charge is -2.36. The number of hydrogen-bond acceptors (Lipinski definition) is 2. The number of nitrogens with one attached hydrogen (secondary N) is 1. The molecule has 0 aromatic heterocycles. The van der Waals surface area contributed by atoms with Crippen LogP contribution in [0.5, 0.6) is 0 Å². The summed E-state index contributed by atoms with van der Waals surface area (Å²) in [6, 6.07) is 5.98. The minimum absolute atomic E-state index is 0.129. The minimum Gasteiger partial charge on any atom is -0.358 e. The first-order valence-electron chi connectivity index (χ1n) is 4.99. The topological polar surface area (TPSA) is 32.3 Å². The van der Waals surface area contributed by atoms with Gasteiger partial charge in [-0.05, 0) is 40.9 Å². The molecule has 15 heavy (non-hydrogen) atoms. The number of amides is 1. The quantitative estimate of drug-likeness (QED) is 0.782. The smallest absolute Gasteiger partial charge is 0.250 e. The van der Waals surface area contributed by atoms with E-state index in [4.69, 9.17) is 0 Å². The second-order valence-electron chi connectivity index (χ2n) is 4.18. The van der Waals surface area contributed by atoms with Crippen molar-refractivity contribution in [2.45, 2.75) is 18.4 Å². The van der Waals surface area contributed by atoms with Gasteiger partial charge < -0.3 is 10.2 Å². The van der Waals surface area contributed by atoms with Crippen molar-refractivity contribution in [3.8, 4) is 0 Å². The van der Waals surface area contributed by atoms with E-state index in [1.54, 1.807) is 0 Å². The van der Waals surface area contributed by atoms with Crippen LogP contribution in [0.15, 0.2) is 22.7 Å². The normalized spacial score (nSPS) is 21.2. The van der Waals surface area contributed by atoms with Crippen molar-refractivity contribution in [2.75, 3.05) is 17.3 Å². The Labute approximate surface area is 96.6 Å². The number of anilines is 2. The molecule has 3 nitrogen and oxygen atoms in total. The lowest BCUT2D eigenvalue weighted by atomic mass is 10.1. The summed E-state index contributed by atoms with van der Waals surface area (Å²) in [6.07, 6.45) is 1.92. The molecule has 2 aliphatic rings. The van der Waals surface area contributed by atoms with E-state index in [1.165, 1.54) is 0 Å².